The van der Waals surface area contributed by atoms with E-state index in [-0.39, 0.29) is 0 Å². The lowest BCUT2D eigenvalue weighted by Crippen LogP contribution is -2.64. The van der Waals surface area contributed by atoms with E-state index in [1.807, 2.05) is 13.8 Å². The van der Waals surface area contributed by atoms with E-state index >= 15 is 0 Å². The van der Waals surface area contributed by atoms with E-state index in [1.54, 1.807) is 26.1 Å². The third kappa shape index (κ3) is 3.48. The molecule has 8 nitrogen and oxygen atoms in total. The Morgan fingerprint density at radius 3 is 2.03 bits per heavy atom. The highest BCUT2D eigenvalue weighted by atomic mass is 16.5. The van der Waals surface area contributed by atoms with E-state index in [0.717, 1.165) is 0 Å². The molecule has 3 rings (SSSR count). The van der Waals surface area contributed by atoms with Crippen LogP contribution in [-0.4, -0.2) is 35.2 Å². The summed E-state index contributed by atoms with van der Waals surface area (Å²) < 4.78 is 18.0. The Bertz CT molecular complexity index is 896. The molecule has 156 valence electrons. The minimum Gasteiger partial charge on any atom is -0.851 e. The molecule has 2 aromatic rings. The zero-order valence-corrected chi connectivity index (χ0v) is 17.0. The number of ether oxygens (including phenoxy) is 3. The molecule has 0 saturated heterocycles. The fourth-order valence-corrected chi connectivity index (χ4v) is 4.02. The largest absolute Gasteiger partial charge is 0.851 e. The molecular weight excluding hydrogens is 374 g/mol. The van der Waals surface area contributed by atoms with E-state index in [4.69, 9.17) is 26.4 Å². The fourth-order valence-electron chi connectivity index (χ4n) is 4.02. The smallest absolute Gasteiger partial charge is 0.147 e. The SMILES string of the molecule is C#COc1cc(OCC)c(C2C([O-])C(c3c(C)nn(C)c3N)C2[O-])c(OCC)c1. The van der Waals surface area contributed by atoms with Gasteiger partial charge in [-0.3, -0.25) is 4.68 Å². The molecule has 8 heteroatoms. The Labute approximate surface area is 170 Å². The van der Waals surface area contributed by atoms with Crippen LogP contribution in [0.25, 0.3) is 0 Å². The van der Waals surface area contributed by atoms with E-state index < -0.39 is 24.0 Å². The predicted molar refractivity (Wildman–Crippen MR) is 104 cm³/mol. The number of nitrogen functional groups attached to an aromatic ring is 1. The Kier molecular flexibility index (Phi) is 5.91. The Hall–Kier alpha value is -2.89. The molecule has 1 aromatic carbocycles. The summed E-state index contributed by atoms with van der Waals surface area (Å²) in [6, 6.07) is 3.16. The number of hydrogen-bond acceptors (Lipinski definition) is 7. The number of anilines is 1. The Morgan fingerprint density at radius 2 is 1.62 bits per heavy atom. The number of hydrogen-bond donors (Lipinski definition) is 1. The van der Waals surface area contributed by atoms with E-state index in [1.165, 1.54) is 4.68 Å². The van der Waals surface area contributed by atoms with Crippen molar-refractivity contribution in [3.05, 3.63) is 29.0 Å². The average Bonchev–Trinajstić information content (AvgIpc) is 2.91. The summed E-state index contributed by atoms with van der Waals surface area (Å²) in [5.41, 5.74) is 7.66. The number of aromatic nitrogens is 2. The molecule has 2 atom stereocenters. The molecule has 0 amide bonds. The first-order valence-corrected chi connectivity index (χ1v) is 9.52. The van der Waals surface area contributed by atoms with Gasteiger partial charge in [-0.2, -0.15) is 5.10 Å². The maximum atomic E-state index is 13.2. The number of nitrogens with two attached hydrogens (primary N) is 1. The molecule has 1 heterocycles. The molecule has 0 bridgehead atoms. The van der Waals surface area contributed by atoms with Gasteiger partial charge in [-0.05, 0) is 32.6 Å². The maximum Gasteiger partial charge on any atom is 0.147 e. The molecule has 1 fully saturated rings. The third-order valence-corrected chi connectivity index (χ3v) is 5.25. The van der Waals surface area contributed by atoms with Crippen LogP contribution in [0.4, 0.5) is 5.82 Å². The van der Waals surface area contributed by atoms with Crippen molar-refractivity contribution in [1.29, 1.82) is 0 Å². The molecule has 2 N–H and O–H groups in total. The monoisotopic (exact) mass is 399 g/mol. The number of terminal acetylenes is 1. The summed E-state index contributed by atoms with van der Waals surface area (Å²) in [5, 5.41) is 30.7. The summed E-state index contributed by atoms with van der Waals surface area (Å²) in [4.78, 5) is 0. The zero-order valence-electron chi connectivity index (χ0n) is 17.0. The molecule has 0 aliphatic heterocycles. The standard InChI is InChI=1S/C21H25N3O5/c1-6-27-12-9-13(28-7-2)16(14(10-12)29-8-3)18-19(25)17(20(18)26)15-11(4)23-24(5)21(15)22/h1,9-10,17-20H,7-8,22H2,2-5H3/q-2. The van der Waals surface area contributed by atoms with Crippen LogP contribution < -0.4 is 30.2 Å². The van der Waals surface area contributed by atoms with Gasteiger partial charge in [0.2, 0.25) is 0 Å². The quantitative estimate of drug-likeness (QED) is 0.670. The lowest BCUT2D eigenvalue weighted by molar-refractivity contribution is -0.536. The van der Waals surface area contributed by atoms with Gasteiger partial charge in [-0.25, -0.2) is 0 Å². The second-order valence-electron chi connectivity index (χ2n) is 6.91. The van der Waals surface area contributed by atoms with Gasteiger partial charge in [0.15, 0.2) is 0 Å². The molecule has 0 radical (unpaired) electrons. The molecule has 2 unspecified atom stereocenters. The van der Waals surface area contributed by atoms with Gasteiger partial charge in [-0.1, -0.05) is 6.42 Å². The van der Waals surface area contributed by atoms with Crippen LogP contribution in [-0.2, 0) is 7.05 Å². The lowest BCUT2D eigenvalue weighted by Gasteiger charge is -2.61. The predicted octanol–water partition coefficient (Wildman–Crippen LogP) is 0.416. The highest BCUT2D eigenvalue weighted by molar-refractivity contribution is 5.57. The normalized spacial score (nSPS) is 23.2. The second-order valence-corrected chi connectivity index (χ2v) is 6.91. The van der Waals surface area contributed by atoms with Crippen molar-refractivity contribution < 1.29 is 24.4 Å². The average molecular weight is 399 g/mol. The molecule has 29 heavy (non-hydrogen) atoms. The summed E-state index contributed by atoms with van der Waals surface area (Å²) in [7, 11) is 1.69. The summed E-state index contributed by atoms with van der Waals surface area (Å²) in [6.07, 6.45) is 4.91. The van der Waals surface area contributed by atoms with Crippen molar-refractivity contribution in [1.82, 2.24) is 9.78 Å². The van der Waals surface area contributed by atoms with Gasteiger partial charge in [0.05, 0.1) is 18.9 Å². The van der Waals surface area contributed by atoms with Crippen LogP contribution in [0.5, 0.6) is 17.2 Å². The Morgan fingerprint density at radius 1 is 1.10 bits per heavy atom. The summed E-state index contributed by atoms with van der Waals surface area (Å²) >= 11 is 0. The van der Waals surface area contributed by atoms with Crippen molar-refractivity contribution in [2.75, 3.05) is 18.9 Å². The second kappa shape index (κ2) is 8.23. The zero-order chi connectivity index (χ0) is 21.3. The van der Waals surface area contributed by atoms with Gasteiger partial charge in [-0.15, -0.1) is 12.2 Å². The maximum absolute atomic E-state index is 13.2. The topological polar surface area (TPSA) is 118 Å². The number of nitrogens with zero attached hydrogens (tertiary/aromatic N) is 2. The van der Waals surface area contributed by atoms with Crippen molar-refractivity contribution in [2.24, 2.45) is 7.05 Å². The van der Waals surface area contributed by atoms with Gasteiger partial charge < -0.3 is 30.2 Å². The first kappa shape index (κ1) is 20.8. The van der Waals surface area contributed by atoms with E-state index in [2.05, 4.69) is 11.2 Å². The molecular formula is C21H25N3O5-2. The minimum atomic E-state index is -1.21. The molecule has 1 saturated carbocycles. The van der Waals surface area contributed by atoms with Crippen LogP contribution in [0.1, 0.15) is 42.5 Å². The molecule has 1 aliphatic carbocycles. The van der Waals surface area contributed by atoms with Crippen LogP contribution in [0.2, 0.25) is 0 Å². The Balaban J connectivity index is 2.05. The van der Waals surface area contributed by atoms with Crippen molar-refractivity contribution in [3.63, 3.8) is 0 Å². The number of aryl methyl sites for hydroxylation is 2. The first-order valence-electron chi connectivity index (χ1n) is 9.52. The number of rotatable bonds is 7. The third-order valence-electron chi connectivity index (χ3n) is 5.25. The summed E-state index contributed by atoms with van der Waals surface area (Å²) in [6.45, 7) is 6.06. The summed E-state index contributed by atoms with van der Waals surface area (Å²) in [5.74, 6) is -0.201. The van der Waals surface area contributed by atoms with Crippen LogP contribution >= 0.6 is 0 Å². The van der Waals surface area contributed by atoms with E-state index in [0.29, 0.717) is 53.1 Å². The van der Waals surface area contributed by atoms with Gasteiger partial charge in [0.1, 0.15) is 29.2 Å². The van der Waals surface area contributed by atoms with Crippen LogP contribution in [0.15, 0.2) is 12.1 Å². The van der Waals surface area contributed by atoms with Gasteiger partial charge in [0.25, 0.3) is 0 Å². The van der Waals surface area contributed by atoms with Crippen molar-refractivity contribution in [2.45, 2.75) is 44.8 Å². The molecule has 0 spiro atoms. The highest BCUT2D eigenvalue weighted by Gasteiger charge is 2.43. The van der Waals surface area contributed by atoms with Gasteiger partial charge >= 0.3 is 0 Å². The van der Waals surface area contributed by atoms with Crippen LogP contribution in [0, 0.1) is 19.5 Å². The first-order chi connectivity index (χ1) is 13.8. The van der Waals surface area contributed by atoms with Crippen molar-refractivity contribution >= 4 is 5.82 Å². The fraction of sp³-hybridized carbons (Fsp3) is 0.476. The van der Waals surface area contributed by atoms with Crippen LogP contribution in [0.3, 0.4) is 0 Å². The van der Waals surface area contributed by atoms with Gasteiger partial charge in [0, 0.05) is 30.3 Å². The van der Waals surface area contributed by atoms with Crippen molar-refractivity contribution in [3.8, 4) is 29.8 Å². The molecule has 1 aliphatic rings. The highest BCUT2D eigenvalue weighted by Crippen LogP contribution is 2.53. The molecule has 1 aromatic heterocycles. The number of benzene rings is 1. The lowest BCUT2D eigenvalue weighted by atomic mass is 9.62. The minimum absolute atomic E-state index is 0.343. The van der Waals surface area contributed by atoms with E-state index in [9.17, 15) is 10.2 Å².